The van der Waals surface area contributed by atoms with Gasteiger partial charge in [0.15, 0.2) is 0 Å². The number of carbonyl (C=O) groups is 1. The lowest BCUT2D eigenvalue weighted by Crippen LogP contribution is -2.30. The average molecular weight is 358 g/mol. The molecule has 0 saturated carbocycles. The fourth-order valence-electron chi connectivity index (χ4n) is 2.81. The van der Waals surface area contributed by atoms with Crippen LogP contribution in [0, 0.1) is 11.6 Å². The minimum atomic E-state index is -0.774. The Bertz CT molecular complexity index is 1050. The molecule has 134 valence electrons. The van der Waals surface area contributed by atoms with Gasteiger partial charge in [-0.15, -0.1) is 0 Å². The quantitative estimate of drug-likeness (QED) is 0.671. The van der Waals surface area contributed by atoms with E-state index in [1.54, 1.807) is 31.2 Å². The Morgan fingerprint density at radius 1 is 1.23 bits per heavy atom. The van der Waals surface area contributed by atoms with Crippen LogP contribution < -0.4 is 10.9 Å². The summed E-state index contributed by atoms with van der Waals surface area (Å²) >= 11 is 0. The number of benzene rings is 2. The van der Waals surface area contributed by atoms with E-state index in [9.17, 15) is 23.5 Å². The number of rotatable bonds is 4. The molecule has 0 aliphatic heterocycles. The molecule has 0 bridgehead atoms. The van der Waals surface area contributed by atoms with Crippen LogP contribution in [0.15, 0.2) is 47.3 Å². The molecule has 1 heterocycles. The van der Waals surface area contributed by atoms with E-state index in [1.807, 2.05) is 0 Å². The summed E-state index contributed by atoms with van der Waals surface area (Å²) in [7, 11) is 0. The molecule has 0 aliphatic carbocycles. The number of aromatic nitrogens is 1. The van der Waals surface area contributed by atoms with Gasteiger partial charge in [-0.1, -0.05) is 18.2 Å². The molecule has 1 amide bonds. The number of para-hydroxylation sites is 1. The molecule has 0 unspecified atom stereocenters. The summed E-state index contributed by atoms with van der Waals surface area (Å²) in [5.74, 6) is -2.32. The third kappa shape index (κ3) is 3.42. The summed E-state index contributed by atoms with van der Waals surface area (Å²) in [4.78, 5) is 27.0. The number of aromatic hydroxyl groups is 1. The molecule has 0 saturated heterocycles. The predicted molar refractivity (Wildman–Crippen MR) is 92.9 cm³/mol. The van der Waals surface area contributed by atoms with Crippen molar-refractivity contribution in [3.8, 4) is 5.75 Å². The zero-order valence-electron chi connectivity index (χ0n) is 13.8. The van der Waals surface area contributed by atoms with Gasteiger partial charge in [-0.2, -0.15) is 0 Å². The topological polar surface area (TPSA) is 82.2 Å². The number of halogens is 2. The van der Waals surface area contributed by atoms with Crippen molar-refractivity contribution in [3.05, 3.63) is 75.6 Å². The van der Waals surface area contributed by atoms with Crippen LogP contribution >= 0.6 is 0 Å². The molecular weight excluding hydrogens is 342 g/mol. The molecule has 0 radical (unpaired) electrons. The van der Waals surface area contributed by atoms with Gasteiger partial charge in [-0.3, -0.25) is 9.59 Å². The Hall–Kier alpha value is -3.22. The zero-order chi connectivity index (χ0) is 18.8. The van der Waals surface area contributed by atoms with Gasteiger partial charge in [0.05, 0.1) is 23.5 Å². The summed E-state index contributed by atoms with van der Waals surface area (Å²) in [5, 5.41) is 13.3. The van der Waals surface area contributed by atoms with E-state index < -0.39 is 29.1 Å². The van der Waals surface area contributed by atoms with Gasteiger partial charge < -0.3 is 15.4 Å². The fourth-order valence-corrected chi connectivity index (χ4v) is 2.81. The second-order valence-corrected chi connectivity index (χ2v) is 5.96. The van der Waals surface area contributed by atoms with E-state index in [1.165, 1.54) is 6.07 Å². The molecule has 1 atom stereocenters. The number of H-pyrrole nitrogens is 1. The summed E-state index contributed by atoms with van der Waals surface area (Å²) < 4.78 is 26.8. The maximum atomic E-state index is 13.8. The molecule has 5 nitrogen and oxygen atoms in total. The largest absolute Gasteiger partial charge is 0.507 e. The first-order valence-electron chi connectivity index (χ1n) is 7.94. The monoisotopic (exact) mass is 358 g/mol. The zero-order valence-corrected chi connectivity index (χ0v) is 13.8. The second kappa shape index (κ2) is 6.95. The Morgan fingerprint density at radius 3 is 2.69 bits per heavy atom. The minimum absolute atomic E-state index is 0.0759. The first kappa shape index (κ1) is 17.6. The summed E-state index contributed by atoms with van der Waals surface area (Å²) in [5.41, 5.74) is -0.0674. The molecule has 26 heavy (non-hydrogen) atoms. The second-order valence-electron chi connectivity index (χ2n) is 5.96. The molecule has 1 aromatic heterocycles. The van der Waals surface area contributed by atoms with Gasteiger partial charge in [0.25, 0.3) is 5.56 Å². The van der Waals surface area contributed by atoms with Crippen molar-refractivity contribution in [2.75, 3.05) is 0 Å². The van der Waals surface area contributed by atoms with Crippen LogP contribution in [-0.2, 0) is 11.2 Å². The minimum Gasteiger partial charge on any atom is -0.507 e. The summed E-state index contributed by atoms with van der Waals surface area (Å²) in [6.07, 6.45) is -0.376. The molecule has 7 heteroatoms. The van der Waals surface area contributed by atoms with Crippen LogP contribution in [0.1, 0.15) is 24.1 Å². The Morgan fingerprint density at radius 2 is 1.96 bits per heavy atom. The van der Waals surface area contributed by atoms with E-state index in [-0.39, 0.29) is 23.3 Å². The molecule has 2 aromatic carbocycles. The van der Waals surface area contributed by atoms with Crippen LogP contribution in [0.25, 0.3) is 10.9 Å². The van der Waals surface area contributed by atoms with Gasteiger partial charge in [0, 0.05) is 17.0 Å². The third-order valence-electron chi connectivity index (χ3n) is 4.13. The highest BCUT2D eigenvalue weighted by Crippen LogP contribution is 2.25. The lowest BCUT2D eigenvalue weighted by molar-refractivity contribution is -0.121. The predicted octanol–water partition coefficient (Wildman–Crippen LogP) is 2.93. The van der Waals surface area contributed by atoms with Crippen molar-refractivity contribution in [2.45, 2.75) is 19.4 Å². The molecule has 0 spiro atoms. The number of hydrogen-bond donors (Lipinski definition) is 3. The number of pyridine rings is 1. The maximum absolute atomic E-state index is 13.8. The van der Waals surface area contributed by atoms with Crippen LogP contribution in [0.4, 0.5) is 8.78 Å². The van der Waals surface area contributed by atoms with Gasteiger partial charge in [-0.25, -0.2) is 8.78 Å². The SMILES string of the molecule is C[C@H](NC(=O)Cc1c(O)c2ccccc2[nH]c1=O)c1ccc(F)cc1F. The Labute approximate surface area is 147 Å². The smallest absolute Gasteiger partial charge is 0.255 e. The standard InChI is InChI=1S/C19H16F2N2O3/c1-10(12-7-6-11(20)8-15(12)21)22-17(24)9-14-18(25)13-4-2-3-5-16(13)23-19(14)26/h2-8,10H,9H2,1H3,(H,22,24)(H2,23,25,26)/t10-/m0/s1. The lowest BCUT2D eigenvalue weighted by Gasteiger charge is -2.15. The first-order chi connectivity index (χ1) is 12.4. The van der Waals surface area contributed by atoms with Gasteiger partial charge in [0.1, 0.15) is 17.4 Å². The van der Waals surface area contributed by atoms with Gasteiger partial charge >= 0.3 is 0 Å². The Balaban J connectivity index is 1.82. The number of hydrogen-bond acceptors (Lipinski definition) is 3. The van der Waals surface area contributed by atoms with Gasteiger partial charge in [-0.05, 0) is 25.1 Å². The highest BCUT2D eigenvalue weighted by molar-refractivity contribution is 5.88. The van der Waals surface area contributed by atoms with Crippen molar-refractivity contribution < 1.29 is 18.7 Å². The summed E-state index contributed by atoms with van der Waals surface area (Å²) in [6.45, 7) is 1.54. The molecule has 3 aromatic rings. The molecule has 0 fully saturated rings. The van der Waals surface area contributed by atoms with Crippen molar-refractivity contribution in [2.24, 2.45) is 0 Å². The van der Waals surface area contributed by atoms with E-state index >= 15 is 0 Å². The van der Waals surface area contributed by atoms with E-state index in [0.29, 0.717) is 10.9 Å². The fraction of sp³-hybridized carbons (Fsp3) is 0.158. The molecule has 3 rings (SSSR count). The van der Waals surface area contributed by atoms with Crippen molar-refractivity contribution in [1.29, 1.82) is 0 Å². The van der Waals surface area contributed by atoms with E-state index in [0.717, 1.165) is 12.1 Å². The molecular formula is C19H16F2N2O3. The maximum Gasteiger partial charge on any atom is 0.255 e. The normalized spacial score (nSPS) is 12.1. The lowest BCUT2D eigenvalue weighted by atomic mass is 10.1. The third-order valence-corrected chi connectivity index (χ3v) is 4.13. The highest BCUT2D eigenvalue weighted by atomic mass is 19.1. The number of fused-ring (bicyclic) bond motifs is 1. The van der Waals surface area contributed by atoms with Crippen LogP contribution in [0.2, 0.25) is 0 Å². The van der Waals surface area contributed by atoms with Crippen molar-refractivity contribution in [3.63, 3.8) is 0 Å². The number of carbonyl (C=O) groups excluding carboxylic acids is 1. The van der Waals surface area contributed by atoms with Crippen LogP contribution in [-0.4, -0.2) is 16.0 Å². The van der Waals surface area contributed by atoms with Crippen molar-refractivity contribution >= 4 is 16.8 Å². The van der Waals surface area contributed by atoms with E-state index in [2.05, 4.69) is 10.3 Å². The first-order valence-corrected chi connectivity index (χ1v) is 7.94. The van der Waals surface area contributed by atoms with Gasteiger partial charge in [0.2, 0.25) is 5.91 Å². The average Bonchev–Trinajstić information content (AvgIpc) is 2.58. The van der Waals surface area contributed by atoms with Crippen molar-refractivity contribution in [1.82, 2.24) is 10.3 Å². The number of amides is 1. The molecule has 3 N–H and O–H groups in total. The van der Waals surface area contributed by atoms with E-state index in [4.69, 9.17) is 0 Å². The number of nitrogens with one attached hydrogen (secondary N) is 2. The Kier molecular flexibility index (Phi) is 4.71. The molecule has 0 aliphatic rings. The summed E-state index contributed by atoms with van der Waals surface area (Å²) in [6, 6.07) is 9.02. The number of aromatic amines is 1. The highest BCUT2D eigenvalue weighted by Gasteiger charge is 2.18. The van der Waals surface area contributed by atoms with Crippen LogP contribution in [0.5, 0.6) is 5.75 Å². The van der Waals surface area contributed by atoms with Crippen LogP contribution in [0.3, 0.4) is 0 Å².